The summed E-state index contributed by atoms with van der Waals surface area (Å²) < 4.78 is 1.75. The Labute approximate surface area is 142 Å². The standard InChI is InChI=1S/C13H23N3S4/c17-12(18)15-6-8-16(9-7-15)13(19)20-11-10-14-4-2-1-3-5-14/h1-11H2,(H,17,18). The molecular weight excluding hydrogens is 326 g/mol. The Kier molecular flexibility index (Phi) is 7.38. The van der Waals surface area contributed by atoms with Crippen molar-refractivity contribution in [3.8, 4) is 0 Å². The smallest absolute Gasteiger partial charge is 0.136 e. The van der Waals surface area contributed by atoms with Gasteiger partial charge >= 0.3 is 0 Å². The molecule has 3 nitrogen and oxygen atoms in total. The number of thioether (sulfide) groups is 1. The molecule has 0 saturated carbocycles. The van der Waals surface area contributed by atoms with E-state index in [1.54, 1.807) is 0 Å². The molecule has 2 saturated heterocycles. The van der Waals surface area contributed by atoms with Crippen LogP contribution in [0.2, 0.25) is 0 Å². The van der Waals surface area contributed by atoms with Crippen molar-refractivity contribution in [3.63, 3.8) is 0 Å². The summed E-state index contributed by atoms with van der Waals surface area (Å²) in [5, 5.41) is 0. The van der Waals surface area contributed by atoms with E-state index in [1.807, 2.05) is 11.8 Å². The van der Waals surface area contributed by atoms with Crippen LogP contribution in [-0.4, -0.2) is 74.9 Å². The summed E-state index contributed by atoms with van der Waals surface area (Å²) in [6.07, 6.45) is 4.13. The Morgan fingerprint density at radius 1 is 0.900 bits per heavy atom. The molecule has 0 aliphatic carbocycles. The number of rotatable bonds is 3. The van der Waals surface area contributed by atoms with Crippen LogP contribution in [-0.2, 0) is 0 Å². The molecule has 0 aromatic carbocycles. The van der Waals surface area contributed by atoms with Gasteiger partial charge in [0.25, 0.3) is 0 Å². The minimum absolute atomic E-state index is 0.702. The normalized spacial score (nSPS) is 21.1. The third-order valence-corrected chi connectivity index (χ3v) is 5.93. The first kappa shape index (κ1) is 16.8. The van der Waals surface area contributed by atoms with Crippen LogP contribution in [0.3, 0.4) is 0 Å². The molecule has 2 aliphatic heterocycles. The monoisotopic (exact) mass is 349 g/mol. The predicted octanol–water partition coefficient (Wildman–Crippen LogP) is 2.32. The number of nitrogens with zero attached hydrogens (tertiary/aromatic N) is 3. The van der Waals surface area contributed by atoms with Crippen molar-refractivity contribution >= 4 is 57.5 Å². The summed E-state index contributed by atoms with van der Waals surface area (Å²) in [5.41, 5.74) is 0. The maximum Gasteiger partial charge on any atom is 0.136 e. The third-order valence-electron chi connectivity index (χ3n) is 3.89. The van der Waals surface area contributed by atoms with E-state index in [2.05, 4.69) is 27.3 Å². The van der Waals surface area contributed by atoms with Gasteiger partial charge in [-0.2, -0.15) is 0 Å². The lowest BCUT2D eigenvalue weighted by Gasteiger charge is -2.36. The highest BCUT2D eigenvalue weighted by Crippen LogP contribution is 2.15. The van der Waals surface area contributed by atoms with E-state index in [0.29, 0.717) is 4.32 Å². The SMILES string of the molecule is S=C(S)N1CCN(C(=S)SCCN2CCCCC2)CC1. The second-order valence-corrected chi connectivity index (χ2v) is 8.11. The Balaban J connectivity index is 1.61. The Hall–Kier alpha value is 0.440. The average Bonchev–Trinajstić information content (AvgIpc) is 2.48. The lowest BCUT2D eigenvalue weighted by atomic mass is 10.1. The van der Waals surface area contributed by atoms with Gasteiger partial charge in [0.15, 0.2) is 0 Å². The fourth-order valence-corrected chi connectivity index (χ4v) is 4.32. The van der Waals surface area contributed by atoms with Gasteiger partial charge in [0.2, 0.25) is 0 Å². The van der Waals surface area contributed by atoms with Crippen LogP contribution in [0.4, 0.5) is 0 Å². The maximum atomic E-state index is 5.55. The average molecular weight is 350 g/mol. The first-order valence-electron chi connectivity index (χ1n) is 7.29. The molecule has 2 aliphatic rings. The molecule has 2 fully saturated rings. The summed E-state index contributed by atoms with van der Waals surface area (Å²) >= 11 is 16.7. The van der Waals surface area contributed by atoms with Crippen LogP contribution < -0.4 is 0 Å². The first-order valence-corrected chi connectivity index (χ1v) is 9.53. The maximum absolute atomic E-state index is 5.55. The van der Waals surface area contributed by atoms with E-state index in [1.165, 1.54) is 38.9 Å². The molecule has 7 heteroatoms. The fourth-order valence-electron chi connectivity index (χ4n) is 2.62. The molecule has 2 heterocycles. The van der Waals surface area contributed by atoms with Crippen molar-refractivity contribution in [2.75, 3.05) is 51.6 Å². The van der Waals surface area contributed by atoms with Crippen LogP contribution in [0.1, 0.15) is 19.3 Å². The van der Waals surface area contributed by atoms with Gasteiger partial charge in [-0.1, -0.05) is 42.6 Å². The molecule has 0 aromatic heterocycles. The Bertz CT molecular complexity index is 337. The molecule has 0 amide bonds. The molecule has 0 N–H and O–H groups in total. The minimum atomic E-state index is 0.702. The molecule has 0 unspecified atom stereocenters. The zero-order valence-corrected chi connectivity index (χ0v) is 15.1. The quantitative estimate of drug-likeness (QED) is 0.614. The molecule has 20 heavy (non-hydrogen) atoms. The predicted molar refractivity (Wildman–Crippen MR) is 100 cm³/mol. The van der Waals surface area contributed by atoms with Gasteiger partial charge in [0.05, 0.1) is 0 Å². The number of thiocarbonyl (C=S) groups is 2. The van der Waals surface area contributed by atoms with Crippen LogP contribution in [0.5, 0.6) is 0 Å². The summed E-state index contributed by atoms with van der Waals surface area (Å²) in [6.45, 7) is 7.53. The van der Waals surface area contributed by atoms with Crippen molar-refractivity contribution in [1.29, 1.82) is 0 Å². The largest absolute Gasteiger partial charge is 0.354 e. The molecule has 0 radical (unpaired) electrons. The lowest BCUT2D eigenvalue weighted by molar-refractivity contribution is 0.242. The van der Waals surface area contributed by atoms with Gasteiger partial charge in [-0.25, -0.2) is 0 Å². The van der Waals surface area contributed by atoms with Crippen molar-refractivity contribution < 1.29 is 0 Å². The highest BCUT2D eigenvalue weighted by Gasteiger charge is 2.19. The van der Waals surface area contributed by atoms with Crippen molar-refractivity contribution in [3.05, 3.63) is 0 Å². The van der Waals surface area contributed by atoms with Gasteiger partial charge < -0.3 is 14.7 Å². The van der Waals surface area contributed by atoms with E-state index < -0.39 is 0 Å². The molecule has 0 spiro atoms. The highest BCUT2D eigenvalue weighted by molar-refractivity contribution is 8.22. The van der Waals surface area contributed by atoms with E-state index in [0.717, 1.165) is 36.3 Å². The second kappa shape index (κ2) is 8.78. The van der Waals surface area contributed by atoms with Gasteiger partial charge in [-0.3, -0.25) is 0 Å². The molecule has 2 rings (SSSR count). The Morgan fingerprint density at radius 2 is 1.50 bits per heavy atom. The van der Waals surface area contributed by atoms with Gasteiger partial charge in [-0.15, -0.1) is 12.6 Å². The van der Waals surface area contributed by atoms with E-state index in [-0.39, 0.29) is 0 Å². The van der Waals surface area contributed by atoms with Gasteiger partial charge in [0.1, 0.15) is 8.64 Å². The number of thiol groups is 1. The summed E-state index contributed by atoms with van der Waals surface area (Å²) in [6, 6.07) is 0. The summed E-state index contributed by atoms with van der Waals surface area (Å²) in [7, 11) is 0. The number of likely N-dealkylation sites (tertiary alicyclic amines) is 1. The van der Waals surface area contributed by atoms with Gasteiger partial charge in [-0.05, 0) is 25.9 Å². The first-order chi connectivity index (χ1) is 9.66. The van der Waals surface area contributed by atoms with Crippen LogP contribution >= 0.6 is 48.8 Å². The highest BCUT2D eigenvalue weighted by atomic mass is 32.2. The fraction of sp³-hybridized carbons (Fsp3) is 0.846. The summed E-state index contributed by atoms with van der Waals surface area (Å²) in [5.74, 6) is 1.12. The van der Waals surface area contributed by atoms with E-state index >= 15 is 0 Å². The zero-order chi connectivity index (χ0) is 14.4. The molecule has 0 atom stereocenters. The van der Waals surface area contributed by atoms with Crippen LogP contribution in [0.15, 0.2) is 0 Å². The lowest BCUT2D eigenvalue weighted by Crippen LogP contribution is -2.48. The van der Waals surface area contributed by atoms with Gasteiger partial charge in [0, 0.05) is 38.5 Å². The molecule has 114 valence electrons. The minimum Gasteiger partial charge on any atom is -0.354 e. The van der Waals surface area contributed by atoms with Crippen LogP contribution in [0, 0.1) is 0 Å². The second-order valence-electron chi connectivity index (χ2n) is 5.27. The Morgan fingerprint density at radius 3 is 2.10 bits per heavy atom. The molecule has 0 aromatic rings. The third kappa shape index (κ3) is 5.33. The number of hydrogen-bond acceptors (Lipinski definition) is 4. The number of hydrogen-bond donors (Lipinski definition) is 1. The topological polar surface area (TPSA) is 9.72 Å². The number of piperidine rings is 1. The number of piperazine rings is 1. The molecule has 0 bridgehead atoms. The zero-order valence-electron chi connectivity index (χ0n) is 11.8. The van der Waals surface area contributed by atoms with Crippen molar-refractivity contribution in [2.24, 2.45) is 0 Å². The van der Waals surface area contributed by atoms with Crippen LogP contribution in [0.25, 0.3) is 0 Å². The van der Waals surface area contributed by atoms with E-state index in [9.17, 15) is 0 Å². The summed E-state index contributed by atoms with van der Waals surface area (Å²) in [4.78, 5) is 7.01. The van der Waals surface area contributed by atoms with E-state index in [4.69, 9.17) is 24.4 Å². The molecular formula is C13H23N3S4. The van der Waals surface area contributed by atoms with Crippen molar-refractivity contribution in [2.45, 2.75) is 19.3 Å². The van der Waals surface area contributed by atoms with Crippen molar-refractivity contribution in [1.82, 2.24) is 14.7 Å².